The van der Waals surface area contributed by atoms with E-state index in [4.69, 9.17) is 0 Å². The van der Waals surface area contributed by atoms with Crippen molar-refractivity contribution in [1.82, 2.24) is 0 Å². The van der Waals surface area contributed by atoms with Crippen LogP contribution in [0.2, 0.25) is 0 Å². The van der Waals surface area contributed by atoms with Crippen LogP contribution < -0.4 is 0 Å². The molecule has 0 aliphatic carbocycles. The van der Waals surface area contributed by atoms with Crippen LogP contribution in [0.5, 0.6) is 0 Å². The minimum Gasteiger partial charge on any atom is -0.135 e. The molecule has 1 heteroatoms. The first-order chi connectivity index (χ1) is 9.18. The number of fused-ring (bicyclic) bond motifs is 1. The highest BCUT2D eigenvalue weighted by molar-refractivity contribution is 7.20. The monoisotopic (exact) mass is 264 g/mol. The molecule has 2 aromatic carbocycles. The molecule has 0 spiro atoms. The lowest BCUT2D eigenvalue weighted by Crippen LogP contribution is -1.88. The zero-order valence-electron chi connectivity index (χ0n) is 11.2. The van der Waals surface area contributed by atoms with Gasteiger partial charge in [0.1, 0.15) is 0 Å². The quantitative estimate of drug-likeness (QED) is 0.567. The van der Waals surface area contributed by atoms with Gasteiger partial charge in [-0.1, -0.05) is 49.0 Å². The second-order valence-corrected chi connectivity index (χ2v) is 5.90. The van der Waals surface area contributed by atoms with Crippen LogP contribution in [0.3, 0.4) is 0 Å². The fraction of sp³-hybridized carbons (Fsp3) is 0.111. The van der Waals surface area contributed by atoms with E-state index in [9.17, 15) is 0 Å². The first kappa shape index (κ1) is 12.2. The van der Waals surface area contributed by atoms with Crippen LogP contribution in [0, 0.1) is 13.8 Å². The fourth-order valence-electron chi connectivity index (χ4n) is 2.50. The van der Waals surface area contributed by atoms with Gasteiger partial charge in [0.25, 0.3) is 0 Å². The number of hydrogen-bond donors (Lipinski definition) is 0. The summed E-state index contributed by atoms with van der Waals surface area (Å²) in [6, 6.07) is 17.0. The third kappa shape index (κ3) is 2.00. The number of hydrogen-bond acceptors (Lipinski definition) is 1. The Hall–Kier alpha value is -1.86. The third-order valence-corrected chi connectivity index (χ3v) is 4.92. The molecule has 0 amide bonds. The average Bonchev–Trinajstić information content (AvgIpc) is 2.77. The molecule has 0 aliphatic heterocycles. The van der Waals surface area contributed by atoms with E-state index < -0.39 is 0 Å². The summed E-state index contributed by atoms with van der Waals surface area (Å²) in [4.78, 5) is 1.30. The number of benzene rings is 2. The molecular formula is C18H16S. The van der Waals surface area contributed by atoms with E-state index >= 15 is 0 Å². The largest absolute Gasteiger partial charge is 0.135 e. The summed E-state index contributed by atoms with van der Waals surface area (Å²) in [7, 11) is 0. The Bertz CT molecular complexity index is 762. The maximum atomic E-state index is 4.32. The van der Waals surface area contributed by atoms with Gasteiger partial charge in [0.05, 0.1) is 0 Å². The number of rotatable bonds is 2. The van der Waals surface area contributed by atoms with Crippen LogP contribution in [0.15, 0.2) is 55.1 Å². The van der Waals surface area contributed by atoms with Crippen LogP contribution in [0.4, 0.5) is 0 Å². The van der Waals surface area contributed by atoms with Crippen molar-refractivity contribution in [2.24, 2.45) is 0 Å². The summed E-state index contributed by atoms with van der Waals surface area (Å²) in [6.45, 7) is 8.66. The van der Waals surface area contributed by atoms with Gasteiger partial charge in [-0.2, -0.15) is 0 Å². The van der Waals surface area contributed by atoms with Crippen molar-refractivity contribution in [3.8, 4) is 0 Å². The highest BCUT2D eigenvalue weighted by Crippen LogP contribution is 2.37. The number of aryl methyl sites for hydroxylation is 2. The Labute approximate surface area is 118 Å². The maximum absolute atomic E-state index is 4.32. The van der Waals surface area contributed by atoms with Crippen molar-refractivity contribution in [3.63, 3.8) is 0 Å². The van der Waals surface area contributed by atoms with Crippen LogP contribution in [-0.2, 0) is 0 Å². The van der Waals surface area contributed by atoms with Gasteiger partial charge in [0, 0.05) is 9.58 Å². The standard InChI is InChI=1S/C18H16S/c1-12-8-4-5-9-15(12)13(2)18-14(3)16-10-6-7-11-17(16)19-18/h4-11H,2H2,1,3H3. The van der Waals surface area contributed by atoms with Crippen molar-refractivity contribution in [2.45, 2.75) is 13.8 Å². The lowest BCUT2D eigenvalue weighted by molar-refractivity contribution is 1.42. The van der Waals surface area contributed by atoms with Crippen molar-refractivity contribution in [1.29, 1.82) is 0 Å². The molecular weight excluding hydrogens is 248 g/mol. The minimum absolute atomic E-state index is 1.14. The molecule has 1 heterocycles. The molecule has 0 saturated carbocycles. The lowest BCUT2D eigenvalue weighted by Gasteiger charge is -2.08. The molecule has 0 radical (unpaired) electrons. The van der Waals surface area contributed by atoms with E-state index in [2.05, 4.69) is 69.0 Å². The number of thiophene rings is 1. The van der Waals surface area contributed by atoms with Gasteiger partial charge in [-0.3, -0.25) is 0 Å². The summed E-state index contributed by atoms with van der Waals surface area (Å²) in [5.41, 5.74) is 5.01. The lowest BCUT2D eigenvalue weighted by atomic mass is 9.98. The fourth-order valence-corrected chi connectivity index (χ4v) is 3.69. The van der Waals surface area contributed by atoms with Crippen molar-refractivity contribution in [2.75, 3.05) is 0 Å². The first-order valence-corrected chi connectivity index (χ1v) is 7.23. The summed E-state index contributed by atoms with van der Waals surface area (Å²) in [6.07, 6.45) is 0. The molecule has 1 aromatic heterocycles. The van der Waals surface area contributed by atoms with E-state index in [1.807, 2.05) is 11.3 Å². The summed E-state index contributed by atoms with van der Waals surface area (Å²) in [5.74, 6) is 0. The SMILES string of the molecule is C=C(c1ccccc1C)c1sc2ccccc2c1C. The molecule has 0 N–H and O–H groups in total. The zero-order valence-corrected chi connectivity index (χ0v) is 12.1. The van der Waals surface area contributed by atoms with E-state index in [1.54, 1.807) is 0 Å². The summed E-state index contributed by atoms with van der Waals surface area (Å²) in [5, 5.41) is 1.34. The Morgan fingerprint density at radius 3 is 2.37 bits per heavy atom. The van der Waals surface area contributed by atoms with Gasteiger partial charge < -0.3 is 0 Å². The third-order valence-electron chi connectivity index (χ3n) is 3.59. The molecule has 0 fully saturated rings. The topological polar surface area (TPSA) is 0 Å². The van der Waals surface area contributed by atoms with E-state index in [0.717, 1.165) is 5.57 Å². The molecule has 19 heavy (non-hydrogen) atoms. The molecule has 0 nitrogen and oxygen atoms in total. The molecule has 0 saturated heterocycles. The van der Waals surface area contributed by atoms with Gasteiger partial charge in [-0.15, -0.1) is 11.3 Å². The van der Waals surface area contributed by atoms with Crippen LogP contribution in [-0.4, -0.2) is 0 Å². The smallest absolute Gasteiger partial charge is 0.0384 e. The Kier molecular flexibility index (Phi) is 3.00. The van der Waals surface area contributed by atoms with Crippen LogP contribution >= 0.6 is 11.3 Å². The van der Waals surface area contributed by atoms with E-state index in [-0.39, 0.29) is 0 Å². The maximum Gasteiger partial charge on any atom is 0.0384 e. The van der Waals surface area contributed by atoms with Crippen LogP contribution in [0.1, 0.15) is 21.6 Å². The molecule has 0 atom stereocenters. The Morgan fingerprint density at radius 1 is 0.947 bits per heavy atom. The second-order valence-electron chi connectivity index (χ2n) is 4.85. The molecule has 3 aromatic rings. The molecule has 3 rings (SSSR count). The van der Waals surface area contributed by atoms with E-state index in [1.165, 1.54) is 31.7 Å². The molecule has 0 unspecified atom stereocenters. The van der Waals surface area contributed by atoms with E-state index in [0.29, 0.717) is 0 Å². The van der Waals surface area contributed by atoms with Crippen molar-refractivity contribution >= 4 is 27.0 Å². The summed E-state index contributed by atoms with van der Waals surface area (Å²) < 4.78 is 1.34. The van der Waals surface area contributed by atoms with Crippen molar-refractivity contribution < 1.29 is 0 Å². The highest BCUT2D eigenvalue weighted by Gasteiger charge is 2.13. The molecule has 94 valence electrons. The Balaban J connectivity index is 2.17. The predicted octanol–water partition coefficient (Wildman–Crippen LogP) is 5.58. The van der Waals surface area contributed by atoms with Gasteiger partial charge in [0.2, 0.25) is 0 Å². The normalized spacial score (nSPS) is 10.8. The van der Waals surface area contributed by atoms with Gasteiger partial charge in [-0.25, -0.2) is 0 Å². The second kappa shape index (κ2) is 4.67. The average molecular weight is 264 g/mol. The molecule has 0 bridgehead atoms. The zero-order chi connectivity index (χ0) is 13.4. The van der Waals surface area contributed by atoms with Gasteiger partial charge >= 0.3 is 0 Å². The first-order valence-electron chi connectivity index (χ1n) is 6.42. The predicted molar refractivity (Wildman–Crippen MR) is 85.9 cm³/mol. The summed E-state index contributed by atoms with van der Waals surface area (Å²) >= 11 is 1.84. The van der Waals surface area contributed by atoms with Crippen LogP contribution in [0.25, 0.3) is 15.7 Å². The van der Waals surface area contributed by atoms with Gasteiger partial charge in [-0.05, 0) is 47.6 Å². The van der Waals surface area contributed by atoms with Crippen molar-refractivity contribution in [3.05, 3.63) is 76.7 Å². The Morgan fingerprint density at radius 2 is 1.63 bits per heavy atom. The minimum atomic E-state index is 1.14. The molecule has 0 aliphatic rings. The highest BCUT2D eigenvalue weighted by atomic mass is 32.1. The van der Waals surface area contributed by atoms with Gasteiger partial charge in [0.15, 0.2) is 0 Å².